The monoisotopic (exact) mass is 233 g/mol. The second-order valence-electron chi connectivity index (χ2n) is 7.52. The fourth-order valence-electron chi connectivity index (χ4n) is 1.86. The Balaban J connectivity index is 3.43. The molecule has 0 bridgehead atoms. The molecule has 0 aliphatic rings. The minimum absolute atomic E-state index is 0.0663. The van der Waals surface area contributed by atoms with Gasteiger partial charge in [-0.15, -0.1) is 0 Å². The van der Waals surface area contributed by atoms with Gasteiger partial charge in [0, 0.05) is 11.6 Å². The van der Waals surface area contributed by atoms with Crippen molar-refractivity contribution in [3.63, 3.8) is 0 Å². The SMILES string of the molecule is CC(C)(C)c1cccnc1C(C)(C)C(C)(C)C. The highest BCUT2D eigenvalue weighted by Crippen LogP contribution is 2.43. The summed E-state index contributed by atoms with van der Waals surface area (Å²) in [4.78, 5) is 4.68. The topological polar surface area (TPSA) is 12.9 Å². The third-order valence-electron chi connectivity index (χ3n) is 4.08. The normalized spacial score (nSPS) is 13.9. The van der Waals surface area contributed by atoms with Crippen LogP contribution in [0.5, 0.6) is 0 Å². The zero-order valence-electron chi connectivity index (χ0n) is 12.7. The summed E-state index contributed by atoms with van der Waals surface area (Å²) in [5.74, 6) is 0. The molecule has 96 valence electrons. The van der Waals surface area contributed by atoms with Crippen LogP contribution in [-0.4, -0.2) is 4.98 Å². The number of nitrogens with zero attached hydrogens (tertiary/aromatic N) is 1. The molecule has 0 spiro atoms. The van der Waals surface area contributed by atoms with Crippen LogP contribution in [0.15, 0.2) is 18.3 Å². The molecule has 0 atom stereocenters. The van der Waals surface area contributed by atoms with Gasteiger partial charge in [0.15, 0.2) is 0 Å². The van der Waals surface area contributed by atoms with Crippen LogP contribution in [0.1, 0.15) is 66.6 Å². The summed E-state index contributed by atoms with van der Waals surface area (Å²) in [7, 11) is 0. The van der Waals surface area contributed by atoms with E-state index in [4.69, 9.17) is 0 Å². The van der Waals surface area contributed by atoms with Crippen LogP contribution >= 0.6 is 0 Å². The highest BCUT2D eigenvalue weighted by atomic mass is 14.7. The van der Waals surface area contributed by atoms with Gasteiger partial charge in [0.05, 0.1) is 5.69 Å². The summed E-state index contributed by atoms with van der Waals surface area (Å²) in [6, 6.07) is 4.26. The van der Waals surface area contributed by atoms with Gasteiger partial charge in [-0.2, -0.15) is 0 Å². The summed E-state index contributed by atoms with van der Waals surface area (Å²) < 4.78 is 0. The van der Waals surface area contributed by atoms with Crippen molar-refractivity contribution in [3.05, 3.63) is 29.6 Å². The fraction of sp³-hybridized carbons (Fsp3) is 0.688. The van der Waals surface area contributed by atoms with E-state index in [0.717, 1.165) is 0 Å². The summed E-state index contributed by atoms with van der Waals surface area (Å²) in [6.07, 6.45) is 1.91. The van der Waals surface area contributed by atoms with Gasteiger partial charge in [-0.3, -0.25) is 4.98 Å². The Morgan fingerprint density at radius 1 is 0.882 bits per heavy atom. The molecule has 1 aromatic rings. The van der Waals surface area contributed by atoms with Crippen LogP contribution in [0, 0.1) is 5.41 Å². The Labute approximate surface area is 107 Å². The molecule has 0 fully saturated rings. The van der Waals surface area contributed by atoms with E-state index in [1.54, 1.807) is 0 Å². The Kier molecular flexibility index (Phi) is 3.44. The quantitative estimate of drug-likeness (QED) is 0.685. The maximum Gasteiger partial charge on any atom is 0.0502 e. The van der Waals surface area contributed by atoms with Crippen LogP contribution in [0.25, 0.3) is 0 Å². The lowest BCUT2D eigenvalue weighted by Gasteiger charge is -2.41. The molecule has 0 aromatic carbocycles. The molecule has 0 unspecified atom stereocenters. The van der Waals surface area contributed by atoms with Gasteiger partial charge < -0.3 is 0 Å². The van der Waals surface area contributed by atoms with Crippen LogP contribution < -0.4 is 0 Å². The number of hydrogen-bond donors (Lipinski definition) is 0. The molecule has 1 rings (SSSR count). The van der Waals surface area contributed by atoms with Gasteiger partial charge in [-0.1, -0.05) is 61.5 Å². The molecular formula is C16H27N. The van der Waals surface area contributed by atoms with Gasteiger partial charge in [-0.25, -0.2) is 0 Å². The van der Waals surface area contributed by atoms with E-state index in [2.05, 4.69) is 66.4 Å². The lowest BCUT2D eigenvalue weighted by molar-refractivity contribution is 0.216. The van der Waals surface area contributed by atoms with Crippen molar-refractivity contribution in [2.45, 2.75) is 66.2 Å². The molecule has 0 aliphatic heterocycles. The molecule has 0 saturated carbocycles. The Hall–Kier alpha value is -0.850. The molecule has 0 N–H and O–H groups in total. The molecular weight excluding hydrogens is 206 g/mol. The van der Waals surface area contributed by atoms with E-state index < -0.39 is 0 Å². The van der Waals surface area contributed by atoms with E-state index in [1.807, 2.05) is 12.3 Å². The van der Waals surface area contributed by atoms with Gasteiger partial charge >= 0.3 is 0 Å². The van der Waals surface area contributed by atoms with Crippen molar-refractivity contribution in [2.24, 2.45) is 5.41 Å². The van der Waals surface area contributed by atoms with Crippen molar-refractivity contribution < 1.29 is 0 Å². The average Bonchev–Trinajstić information content (AvgIpc) is 2.14. The Morgan fingerprint density at radius 2 is 1.41 bits per heavy atom. The van der Waals surface area contributed by atoms with Crippen LogP contribution in [0.3, 0.4) is 0 Å². The Bertz CT molecular complexity index is 389. The number of hydrogen-bond acceptors (Lipinski definition) is 1. The zero-order valence-corrected chi connectivity index (χ0v) is 12.7. The molecule has 17 heavy (non-hydrogen) atoms. The molecule has 0 radical (unpaired) electrons. The predicted molar refractivity (Wildman–Crippen MR) is 75.4 cm³/mol. The number of pyridine rings is 1. The second-order valence-corrected chi connectivity index (χ2v) is 7.52. The van der Waals surface area contributed by atoms with E-state index in [9.17, 15) is 0 Å². The van der Waals surface area contributed by atoms with Crippen molar-refractivity contribution in [1.82, 2.24) is 4.98 Å². The summed E-state index contributed by atoms with van der Waals surface area (Å²) in [5.41, 5.74) is 3.00. The smallest absolute Gasteiger partial charge is 0.0502 e. The van der Waals surface area contributed by atoms with Gasteiger partial charge in [0.25, 0.3) is 0 Å². The first-order chi connectivity index (χ1) is 7.48. The van der Waals surface area contributed by atoms with E-state index >= 15 is 0 Å². The zero-order chi connectivity index (χ0) is 13.5. The molecule has 0 aliphatic carbocycles. The molecule has 1 heteroatoms. The maximum absolute atomic E-state index is 4.68. The van der Waals surface area contributed by atoms with Crippen LogP contribution in [0.4, 0.5) is 0 Å². The largest absolute Gasteiger partial charge is 0.260 e. The lowest BCUT2D eigenvalue weighted by Crippen LogP contribution is -2.37. The van der Waals surface area contributed by atoms with E-state index in [0.29, 0.717) is 0 Å². The molecule has 0 saturated heterocycles. The van der Waals surface area contributed by atoms with Gasteiger partial charge in [0.1, 0.15) is 0 Å². The highest BCUT2D eigenvalue weighted by molar-refractivity contribution is 5.33. The number of rotatable bonds is 1. The third-order valence-corrected chi connectivity index (χ3v) is 4.08. The fourth-order valence-corrected chi connectivity index (χ4v) is 1.86. The maximum atomic E-state index is 4.68. The molecule has 0 amide bonds. The minimum Gasteiger partial charge on any atom is -0.260 e. The number of aromatic nitrogens is 1. The predicted octanol–water partition coefficient (Wildman–Crippen LogP) is 4.70. The summed E-state index contributed by atoms with van der Waals surface area (Å²) >= 11 is 0. The van der Waals surface area contributed by atoms with Crippen LogP contribution in [-0.2, 0) is 10.8 Å². The molecule has 1 aromatic heterocycles. The first-order valence-corrected chi connectivity index (χ1v) is 6.44. The van der Waals surface area contributed by atoms with Crippen LogP contribution in [0.2, 0.25) is 0 Å². The molecule has 1 heterocycles. The Morgan fingerprint density at radius 3 is 1.82 bits per heavy atom. The van der Waals surface area contributed by atoms with Gasteiger partial charge in [-0.05, 0) is 22.5 Å². The minimum atomic E-state index is 0.0663. The second kappa shape index (κ2) is 4.12. The lowest BCUT2D eigenvalue weighted by atomic mass is 9.64. The first-order valence-electron chi connectivity index (χ1n) is 6.44. The van der Waals surface area contributed by atoms with Crippen molar-refractivity contribution >= 4 is 0 Å². The van der Waals surface area contributed by atoms with Crippen molar-refractivity contribution in [3.8, 4) is 0 Å². The third kappa shape index (κ3) is 2.70. The summed E-state index contributed by atoms with van der Waals surface area (Å²) in [6.45, 7) is 18.2. The first kappa shape index (κ1) is 14.2. The average molecular weight is 233 g/mol. The van der Waals surface area contributed by atoms with Crippen molar-refractivity contribution in [1.29, 1.82) is 0 Å². The standard InChI is InChI=1S/C16H27N/c1-14(2,3)12-10-9-11-17-13(12)16(7,8)15(4,5)6/h9-11H,1-8H3. The van der Waals surface area contributed by atoms with E-state index in [1.165, 1.54) is 11.3 Å². The summed E-state index contributed by atoms with van der Waals surface area (Å²) in [5, 5.41) is 0. The molecule has 1 nitrogen and oxygen atoms in total. The van der Waals surface area contributed by atoms with Gasteiger partial charge in [0.2, 0.25) is 0 Å². The van der Waals surface area contributed by atoms with Crippen molar-refractivity contribution in [2.75, 3.05) is 0 Å². The highest BCUT2D eigenvalue weighted by Gasteiger charge is 2.38. The van der Waals surface area contributed by atoms with E-state index in [-0.39, 0.29) is 16.2 Å².